The molecule has 1 nitrogen and oxygen atoms in total. The monoisotopic (exact) mass is 94.0 g/mol. The van der Waals surface area contributed by atoms with Gasteiger partial charge in [-0.1, -0.05) is 0 Å². The maximum absolute atomic E-state index is 9.17. The molecule has 0 fully saturated rings. The zero-order chi connectivity index (χ0) is 3.41. The highest BCUT2D eigenvalue weighted by Gasteiger charge is 1.51. The van der Waals surface area contributed by atoms with Crippen molar-refractivity contribution < 1.29 is 4.79 Å². The topological polar surface area (TPSA) is 17.1 Å². The van der Waals surface area contributed by atoms with E-state index in [0.717, 1.165) is 6.03 Å². The molecule has 0 heterocycles. The summed E-state index contributed by atoms with van der Waals surface area (Å²) in [6.07, 6.45) is 0. The second kappa shape index (κ2) is 3.53. The summed E-state index contributed by atoms with van der Waals surface area (Å²) in [6.45, 7) is 0. The SMILES string of the molecule is O=CPP. The summed E-state index contributed by atoms with van der Waals surface area (Å²) in [7, 11) is 2.69. The predicted molar refractivity (Wildman–Crippen MR) is 24.8 cm³/mol. The summed E-state index contributed by atoms with van der Waals surface area (Å²) in [5.41, 5.74) is 0. The molecular weight excluding hydrogens is 90.0 g/mol. The molecule has 0 aliphatic carbocycles. The van der Waals surface area contributed by atoms with E-state index in [2.05, 4.69) is 8.93 Å². The first-order valence-corrected chi connectivity index (χ1v) is 3.70. The number of hydrogen-bond donors (Lipinski definition) is 0. The van der Waals surface area contributed by atoms with Gasteiger partial charge in [0, 0.05) is 0 Å². The van der Waals surface area contributed by atoms with Crippen molar-refractivity contribution in [1.29, 1.82) is 0 Å². The Bertz CT molecular complexity index is 20.0. The summed E-state index contributed by atoms with van der Waals surface area (Å²) >= 11 is 0. The number of rotatable bonds is 1. The van der Waals surface area contributed by atoms with Gasteiger partial charge in [-0.2, -0.15) is 0 Å². The van der Waals surface area contributed by atoms with E-state index in [-0.39, 0.29) is 0 Å². The fraction of sp³-hybridized carbons (Fsp3) is 0. The van der Waals surface area contributed by atoms with E-state index >= 15 is 0 Å². The summed E-state index contributed by atoms with van der Waals surface area (Å²) in [5, 5.41) is 0. The van der Waals surface area contributed by atoms with Crippen LogP contribution in [0.25, 0.3) is 0 Å². The molecule has 0 spiro atoms. The van der Waals surface area contributed by atoms with Gasteiger partial charge in [0.05, 0.1) is 0 Å². The van der Waals surface area contributed by atoms with Gasteiger partial charge in [0.1, 0.15) is 6.03 Å². The molecular formula is CH4OP2. The Balaban J connectivity index is 2.30. The highest BCUT2D eigenvalue weighted by Crippen LogP contribution is 2.12. The first-order chi connectivity index (χ1) is 1.91. The molecule has 3 heteroatoms. The molecule has 0 bridgehead atoms. The maximum Gasteiger partial charge on any atom is 0.142 e. The van der Waals surface area contributed by atoms with E-state index in [4.69, 9.17) is 4.79 Å². The smallest absolute Gasteiger partial charge is 0.142 e. The molecule has 0 aromatic heterocycles. The van der Waals surface area contributed by atoms with Crippen LogP contribution in [0.3, 0.4) is 0 Å². The average Bonchev–Trinajstić information content (AvgIpc) is 1.37. The van der Waals surface area contributed by atoms with Crippen molar-refractivity contribution in [2.45, 2.75) is 0 Å². The van der Waals surface area contributed by atoms with Crippen molar-refractivity contribution in [2.24, 2.45) is 0 Å². The standard InChI is InChI=1S/CH4OP2/c2-1-4-3/h1,4H,3H2. The third kappa shape index (κ3) is 2.53. The van der Waals surface area contributed by atoms with Gasteiger partial charge in [0.15, 0.2) is 0 Å². The van der Waals surface area contributed by atoms with Gasteiger partial charge < -0.3 is 0 Å². The zero-order valence-electron chi connectivity index (χ0n) is 2.06. The normalized spacial score (nSPS) is 9.25. The molecule has 4 heavy (non-hydrogen) atoms. The second-order valence-electron chi connectivity index (χ2n) is 0.285. The number of carbonyl (C=O) groups excluding carboxylic acids is 1. The summed E-state index contributed by atoms with van der Waals surface area (Å²) < 4.78 is 0. The molecule has 0 aliphatic heterocycles. The van der Waals surface area contributed by atoms with Crippen LogP contribution in [0.4, 0.5) is 0 Å². The van der Waals surface area contributed by atoms with Crippen molar-refractivity contribution in [1.82, 2.24) is 0 Å². The molecule has 0 radical (unpaired) electrons. The number of hydrogen-bond acceptors (Lipinski definition) is 1. The van der Waals surface area contributed by atoms with E-state index in [1.165, 1.54) is 0 Å². The highest BCUT2D eigenvalue weighted by molar-refractivity contribution is 8.10. The Kier molecular flexibility index (Phi) is 4.00. The van der Waals surface area contributed by atoms with Crippen molar-refractivity contribution in [3.8, 4) is 0 Å². The Hall–Kier alpha value is 0.530. The Morgan fingerprint density at radius 2 is 2.25 bits per heavy atom. The molecule has 0 saturated carbocycles. The van der Waals surface area contributed by atoms with Crippen LogP contribution < -0.4 is 0 Å². The zero-order valence-corrected chi connectivity index (χ0v) is 4.22. The van der Waals surface area contributed by atoms with Crippen LogP contribution in [0.2, 0.25) is 0 Å². The van der Waals surface area contributed by atoms with Gasteiger partial charge in [0.2, 0.25) is 0 Å². The maximum atomic E-state index is 9.17. The highest BCUT2D eigenvalue weighted by atomic mass is 32.0. The van der Waals surface area contributed by atoms with Gasteiger partial charge in [-0.25, -0.2) is 0 Å². The summed E-state index contributed by atoms with van der Waals surface area (Å²) in [5.74, 6) is 0. The van der Waals surface area contributed by atoms with Crippen molar-refractivity contribution >= 4 is 23.2 Å². The van der Waals surface area contributed by atoms with Crippen LogP contribution in [0, 0.1) is 0 Å². The third-order valence-electron chi connectivity index (χ3n) is 0.0680. The van der Waals surface area contributed by atoms with E-state index in [0.29, 0.717) is 8.27 Å². The van der Waals surface area contributed by atoms with Crippen molar-refractivity contribution in [2.75, 3.05) is 0 Å². The van der Waals surface area contributed by atoms with Crippen LogP contribution in [-0.2, 0) is 4.79 Å². The fourth-order valence-corrected chi connectivity index (χ4v) is 0. The molecule has 0 rings (SSSR count). The lowest BCUT2D eigenvalue weighted by atomic mass is 11.8. The van der Waals surface area contributed by atoms with E-state index in [9.17, 15) is 0 Å². The van der Waals surface area contributed by atoms with Crippen LogP contribution in [0.15, 0.2) is 0 Å². The van der Waals surface area contributed by atoms with E-state index in [1.54, 1.807) is 0 Å². The van der Waals surface area contributed by atoms with Crippen LogP contribution in [0.5, 0.6) is 0 Å². The van der Waals surface area contributed by atoms with Crippen LogP contribution in [0.1, 0.15) is 0 Å². The number of carbonyl (C=O) groups is 1. The largest absolute Gasteiger partial charge is 0.298 e. The summed E-state index contributed by atoms with van der Waals surface area (Å²) in [4.78, 5) is 9.17. The first-order valence-electron chi connectivity index (χ1n) is 0.813. The predicted octanol–water partition coefficient (Wildman–Crippen LogP) is 0.645. The van der Waals surface area contributed by atoms with Gasteiger partial charge in [-0.3, -0.25) is 4.79 Å². The van der Waals surface area contributed by atoms with Gasteiger partial charge in [0.25, 0.3) is 0 Å². The second-order valence-corrected chi connectivity index (χ2v) is 1.85. The minimum Gasteiger partial charge on any atom is -0.298 e. The molecule has 0 aliphatic rings. The molecule has 24 valence electrons. The van der Waals surface area contributed by atoms with Gasteiger partial charge in [-0.05, 0) is 8.27 Å². The van der Waals surface area contributed by atoms with Crippen LogP contribution in [-0.4, -0.2) is 6.03 Å². The lowest BCUT2D eigenvalue weighted by Gasteiger charge is -1.53. The first kappa shape index (κ1) is 4.53. The fourth-order valence-electron chi connectivity index (χ4n) is 0. The summed E-state index contributed by atoms with van der Waals surface area (Å²) in [6, 6.07) is 0.866. The molecule has 0 N–H and O–H groups in total. The Morgan fingerprint density at radius 1 is 2.00 bits per heavy atom. The minimum absolute atomic E-state index is 0.377. The molecule has 0 aromatic carbocycles. The average molecular weight is 94.0 g/mol. The van der Waals surface area contributed by atoms with Gasteiger partial charge in [-0.15, -0.1) is 8.93 Å². The Labute approximate surface area is 29.0 Å². The van der Waals surface area contributed by atoms with Crippen molar-refractivity contribution in [3.63, 3.8) is 0 Å². The van der Waals surface area contributed by atoms with Crippen LogP contribution >= 0.6 is 17.2 Å². The van der Waals surface area contributed by atoms with Gasteiger partial charge >= 0.3 is 0 Å². The lowest BCUT2D eigenvalue weighted by molar-refractivity contribution is 0.570. The van der Waals surface area contributed by atoms with E-state index < -0.39 is 0 Å². The molecule has 0 aromatic rings. The quantitative estimate of drug-likeness (QED) is 0.344. The Morgan fingerprint density at radius 3 is 2.25 bits per heavy atom. The minimum atomic E-state index is 0.377. The molecule has 2 unspecified atom stereocenters. The van der Waals surface area contributed by atoms with Crippen molar-refractivity contribution in [3.05, 3.63) is 0 Å². The molecule has 2 atom stereocenters. The lowest BCUT2D eigenvalue weighted by Crippen LogP contribution is -1.29. The van der Waals surface area contributed by atoms with E-state index in [1.807, 2.05) is 0 Å². The third-order valence-corrected chi connectivity index (χ3v) is 0.612. The molecule has 0 amide bonds. The molecule has 0 saturated heterocycles.